The van der Waals surface area contributed by atoms with Gasteiger partial charge < -0.3 is 10.4 Å². The number of aliphatic carboxylic acids is 1. The van der Waals surface area contributed by atoms with Crippen molar-refractivity contribution < 1.29 is 14.7 Å². The Balaban J connectivity index is 2.15. The van der Waals surface area contributed by atoms with Gasteiger partial charge in [-0.25, -0.2) is 4.79 Å². The van der Waals surface area contributed by atoms with E-state index in [1.165, 1.54) is 11.3 Å². The molecule has 0 aromatic carbocycles. The lowest BCUT2D eigenvalue weighted by molar-refractivity contribution is -0.137. The molecule has 1 rings (SSSR count). The van der Waals surface area contributed by atoms with Crippen molar-refractivity contribution in [2.75, 3.05) is 11.9 Å². The second kappa shape index (κ2) is 7.59. The molecule has 0 radical (unpaired) electrons. The van der Waals surface area contributed by atoms with Crippen LogP contribution in [-0.2, 0) is 11.2 Å². The Bertz CT molecular complexity index is 408. The van der Waals surface area contributed by atoms with Gasteiger partial charge in [0.2, 0.25) is 5.13 Å². The minimum absolute atomic E-state index is 0.125. The molecule has 0 saturated carbocycles. The second-order valence-electron chi connectivity index (χ2n) is 3.59. The molecule has 2 amide bonds. The highest BCUT2D eigenvalue weighted by Crippen LogP contribution is 2.14. The first-order valence-electron chi connectivity index (χ1n) is 5.71. The van der Waals surface area contributed by atoms with Crippen LogP contribution in [0.2, 0.25) is 0 Å². The zero-order valence-electron chi connectivity index (χ0n) is 10.1. The summed E-state index contributed by atoms with van der Waals surface area (Å²) < 4.78 is 0. The average Bonchev–Trinajstić information content (AvgIpc) is 2.76. The van der Waals surface area contributed by atoms with Crippen LogP contribution in [0, 0.1) is 0 Å². The first-order valence-corrected chi connectivity index (χ1v) is 6.52. The molecule has 1 heterocycles. The van der Waals surface area contributed by atoms with Gasteiger partial charge in [0, 0.05) is 13.0 Å². The van der Waals surface area contributed by atoms with Crippen LogP contribution in [0.15, 0.2) is 0 Å². The number of hydrogen-bond acceptors (Lipinski definition) is 5. The number of rotatable bonds is 7. The molecule has 0 bridgehead atoms. The van der Waals surface area contributed by atoms with Crippen LogP contribution >= 0.6 is 11.3 Å². The van der Waals surface area contributed by atoms with Crippen LogP contribution in [0.5, 0.6) is 0 Å². The van der Waals surface area contributed by atoms with Gasteiger partial charge in [-0.1, -0.05) is 18.3 Å². The number of anilines is 1. The number of aromatic nitrogens is 2. The Hall–Kier alpha value is -1.70. The molecule has 100 valence electrons. The number of carboxylic acids is 1. The Kier molecular flexibility index (Phi) is 6.06. The van der Waals surface area contributed by atoms with Crippen LogP contribution in [0.4, 0.5) is 9.93 Å². The summed E-state index contributed by atoms with van der Waals surface area (Å²) >= 11 is 1.34. The van der Waals surface area contributed by atoms with Crippen molar-refractivity contribution in [3.05, 3.63) is 5.01 Å². The van der Waals surface area contributed by atoms with Crippen LogP contribution in [0.25, 0.3) is 0 Å². The summed E-state index contributed by atoms with van der Waals surface area (Å²) in [7, 11) is 0. The van der Waals surface area contributed by atoms with E-state index in [9.17, 15) is 9.59 Å². The molecule has 3 N–H and O–H groups in total. The van der Waals surface area contributed by atoms with Gasteiger partial charge in [0.25, 0.3) is 0 Å². The first kappa shape index (κ1) is 14.4. The van der Waals surface area contributed by atoms with E-state index in [0.29, 0.717) is 24.5 Å². The summed E-state index contributed by atoms with van der Waals surface area (Å²) in [5.41, 5.74) is 0. The molecule has 1 aromatic heterocycles. The van der Waals surface area contributed by atoms with Gasteiger partial charge in [0.15, 0.2) is 0 Å². The van der Waals surface area contributed by atoms with Crippen molar-refractivity contribution >= 4 is 28.5 Å². The lowest BCUT2D eigenvalue weighted by Crippen LogP contribution is -2.29. The molecule has 7 nitrogen and oxygen atoms in total. The topological polar surface area (TPSA) is 104 Å². The third kappa shape index (κ3) is 5.58. The molecule has 1 aromatic rings. The lowest BCUT2D eigenvalue weighted by atomic mass is 10.2. The number of amides is 2. The van der Waals surface area contributed by atoms with E-state index in [2.05, 4.69) is 20.8 Å². The summed E-state index contributed by atoms with van der Waals surface area (Å²) in [6.07, 6.45) is 2.10. The molecule has 8 heteroatoms. The Labute approximate surface area is 109 Å². The summed E-state index contributed by atoms with van der Waals surface area (Å²) in [4.78, 5) is 21.7. The molecule has 0 fully saturated rings. The molecule has 0 atom stereocenters. The number of nitrogens with zero attached hydrogens (tertiary/aromatic N) is 2. The smallest absolute Gasteiger partial charge is 0.321 e. The number of hydrogen-bond donors (Lipinski definition) is 3. The average molecular weight is 272 g/mol. The van der Waals surface area contributed by atoms with E-state index in [0.717, 1.165) is 11.4 Å². The molecule has 0 spiro atoms. The molecule has 0 aliphatic carbocycles. The van der Waals surface area contributed by atoms with Gasteiger partial charge in [-0.2, -0.15) is 0 Å². The van der Waals surface area contributed by atoms with E-state index in [1.54, 1.807) is 0 Å². The Morgan fingerprint density at radius 2 is 2.11 bits per heavy atom. The third-order valence-corrected chi connectivity index (χ3v) is 3.08. The number of aryl methyl sites for hydroxylation is 1. The number of carbonyl (C=O) groups excluding carboxylic acids is 1. The largest absolute Gasteiger partial charge is 0.481 e. The number of urea groups is 1. The van der Waals surface area contributed by atoms with Crippen molar-refractivity contribution in [1.29, 1.82) is 0 Å². The third-order valence-electron chi connectivity index (χ3n) is 2.09. The zero-order chi connectivity index (χ0) is 13.4. The van der Waals surface area contributed by atoms with Crippen LogP contribution in [0.3, 0.4) is 0 Å². The van der Waals surface area contributed by atoms with E-state index in [1.807, 2.05) is 6.92 Å². The summed E-state index contributed by atoms with van der Waals surface area (Å²) in [6.45, 7) is 2.41. The van der Waals surface area contributed by atoms with Crippen molar-refractivity contribution in [3.8, 4) is 0 Å². The molecule has 18 heavy (non-hydrogen) atoms. The summed E-state index contributed by atoms with van der Waals surface area (Å²) in [6, 6.07) is -0.343. The monoisotopic (exact) mass is 272 g/mol. The van der Waals surface area contributed by atoms with E-state index in [4.69, 9.17) is 5.11 Å². The number of carbonyl (C=O) groups is 2. The molecule has 0 aliphatic rings. The van der Waals surface area contributed by atoms with Gasteiger partial charge >= 0.3 is 12.0 Å². The number of unbranched alkanes of at least 4 members (excludes halogenated alkanes) is 1. The Morgan fingerprint density at radius 1 is 1.33 bits per heavy atom. The SMILES string of the molecule is CCc1nnc(NC(=O)NCCCCC(=O)O)s1. The van der Waals surface area contributed by atoms with Gasteiger partial charge in [-0.05, 0) is 19.3 Å². The van der Waals surface area contributed by atoms with Gasteiger partial charge in [-0.15, -0.1) is 10.2 Å². The number of nitrogens with one attached hydrogen (secondary N) is 2. The molecule has 0 unspecified atom stereocenters. The second-order valence-corrected chi connectivity index (χ2v) is 4.65. The fraction of sp³-hybridized carbons (Fsp3) is 0.600. The summed E-state index contributed by atoms with van der Waals surface area (Å²) in [5.74, 6) is -0.819. The maximum atomic E-state index is 11.4. The molecule has 0 saturated heterocycles. The van der Waals surface area contributed by atoms with Gasteiger partial charge in [0.05, 0.1) is 0 Å². The fourth-order valence-electron chi connectivity index (χ4n) is 1.19. The zero-order valence-corrected chi connectivity index (χ0v) is 10.9. The predicted octanol–water partition coefficient (Wildman–Crippen LogP) is 1.48. The fourth-order valence-corrected chi connectivity index (χ4v) is 1.87. The summed E-state index contributed by atoms with van der Waals surface area (Å²) in [5, 5.41) is 22.7. The highest BCUT2D eigenvalue weighted by Gasteiger charge is 2.06. The van der Waals surface area contributed by atoms with Crippen LogP contribution < -0.4 is 10.6 Å². The highest BCUT2D eigenvalue weighted by molar-refractivity contribution is 7.15. The van der Waals surface area contributed by atoms with Gasteiger partial charge in [-0.3, -0.25) is 10.1 Å². The van der Waals surface area contributed by atoms with Crippen LogP contribution in [0.1, 0.15) is 31.2 Å². The molecular formula is C10H16N4O3S. The van der Waals surface area contributed by atoms with E-state index >= 15 is 0 Å². The van der Waals surface area contributed by atoms with Crippen molar-refractivity contribution in [1.82, 2.24) is 15.5 Å². The van der Waals surface area contributed by atoms with E-state index in [-0.39, 0.29) is 12.5 Å². The minimum atomic E-state index is -0.819. The van der Waals surface area contributed by atoms with Crippen molar-refractivity contribution in [2.24, 2.45) is 0 Å². The van der Waals surface area contributed by atoms with Crippen LogP contribution in [-0.4, -0.2) is 33.8 Å². The lowest BCUT2D eigenvalue weighted by Gasteiger charge is -2.03. The molecular weight excluding hydrogens is 256 g/mol. The maximum absolute atomic E-state index is 11.4. The number of carboxylic acid groups (broad SMARTS) is 1. The van der Waals surface area contributed by atoms with Gasteiger partial charge in [0.1, 0.15) is 5.01 Å². The van der Waals surface area contributed by atoms with Crippen molar-refractivity contribution in [3.63, 3.8) is 0 Å². The van der Waals surface area contributed by atoms with Crippen molar-refractivity contribution in [2.45, 2.75) is 32.6 Å². The van der Waals surface area contributed by atoms with E-state index < -0.39 is 5.97 Å². The normalized spacial score (nSPS) is 10.1. The quantitative estimate of drug-likeness (QED) is 0.652. The maximum Gasteiger partial charge on any atom is 0.321 e. The first-order chi connectivity index (χ1) is 8.61. The standard InChI is InChI=1S/C10H16N4O3S/c1-2-7-13-14-10(18-7)12-9(17)11-6-4-3-5-8(15)16/h2-6H2,1H3,(H,15,16)(H2,11,12,14,17). The Morgan fingerprint density at radius 3 is 2.72 bits per heavy atom. The highest BCUT2D eigenvalue weighted by atomic mass is 32.1. The molecule has 0 aliphatic heterocycles. The predicted molar refractivity (Wildman–Crippen MR) is 67.8 cm³/mol. The minimum Gasteiger partial charge on any atom is -0.481 e.